The summed E-state index contributed by atoms with van der Waals surface area (Å²) in [7, 11) is 1.56. The molecule has 0 fully saturated rings. The fourth-order valence-corrected chi connectivity index (χ4v) is 1.99. The average Bonchev–Trinajstić information content (AvgIpc) is 2.26. The Kier molecular flexibility index (Phi) is 4.70. The average molecular weight is 210 g/mol. The van der Waals surface area contributed by atoms with Crippen LogP contribution in [0.5, 0.6) is 0 Å². The van der Waals surface area contributed by atoms with E-state index in [0.717, 1.165) is 4.90 Å². The van der Waals surface area contributed by atoms with Crippen LogP contribution in [0.3, 0.4) is 0 Å². The van der Waals surface area contributed by atoms with E-state index in [1.54, 1.807) is 7.11 Å². The zero-order valence-electron chi connectivity index (χ0n) is 8.40. The largest absolute Gasteiger partial charge is 0.363 e. The van der Waals surface area contributed by atoms with Crippen molar-refractivity contribution in [2.24, 2.45) is 0 Å². The minimum Gasteiger partial charge on any atom is -0.363 e. The van der Waals surface area contributed by atoms with Gasteiger partial charge in [0.05, 0.1) is 0 Å². The predicted molar refractivity (Wildman–Crippen MR) is 58.4 cm³/mol. The van der Waals surface area contributed by atoms with Crippen LogP contribution in [0.15, 0.2) is 35.2 Å². The number of carbonyl (C=O) groups is 1. The summed E-state index contributed by atoms with van der Waals surface area (Å²) in [6.07, 6.45) is 0.512. The molecule has 0 radical (unpaired) electrons. The number of rotatable bonds is 5. The molecule has 0 amide bonds. The first-order valence-corrected chi connectivity index (χ1v) is 5.43. The molecule has 0 saturated carbocycles. The molecule has 0 spiro atoms. The van der Waals surface area contributed by atoms with Gasteiger partial charge in [-0.2, -0.15) is 0 Å². The molecule has 3 heteroatoms. The zero-order valence-corrected chi connectivity index (χ0v) is 9.21. The molecule has 1 unspecified atom stereocenters. The summed E-state index contributed by atoms with van der Waals surface area (Å²) in [5, 5.41) is 0. The maximum absolute atomic E-state index is 11.4. The Bertz CT molecular complexity index is 285. The van der Waals surface area contributed by atoms with Crippen molar-refractivity contribution in [1.29, 1.82) is 0 Å². The number of hydrogen-bond acceptors (Lipinski definition) is 3. The molecular weight excluding hydrogens is 196 g/mol. The summed E-state index contributed by atoms with van der Waals surface area (Å²) in [5.74, 6) is 0.126. The molecule has 0 aromatic heterocycles. The van der Waals surface area contributed by atoms with Crippen LogP contribution in [-0.4, -0.2) is 18.3 Å². The van der Waals surface area contributed by atoms with Gasteiger partial charge in [0.1, 0.15) is 0 Å². The lowest BCUT2D eigenvalue weighted by Crippen LogP contribution is -2.17. The first-order valence-electron chi connectivity index (χ1n) is 4.55. The third kappa shape index (κ3) is 3.16. The van der Waals surface area contributed by atoms with E-state index in [4.69, 9.17) is 4.74 Å². The van der Waals surface area contributed by atoms with Crippen molar-refractivity contribution >= 4 is 17.5 Å². The number of benzene rings is 1. The van der Waals surface area contributed by atoms with Crippen molar-refractivity contribution in [2.45, 2.75) is 23.7 Å². The highest BCUT2D eigenvalue weighted by Gasteiger charge is 2.16. The third-order valence-electron chi connectivity index (χ3n) is 1.81. The summed E-state index contributed by atoms with van der Waals surface area (Å²) in [6, 6.07) is 9.80. The zero-order chi connectivity index (χ0) is 10.4. The van der Waals surface area contributed by atoms with Crippen molar-refractivity contribution in [3.8, 4) is 0 Å². The van der Waals surface area contributed by atoms with Gasteiger partial charge >= 0.3 is 0 Å². The van der Waals surface area contributed by atoms with Crippen LogP contribution >= 0.6 is 11.8 Å². The Morgan fingerprint density at radius 1 is 1.43 bits per heavy atom. The number of Topliss-reactive ketones (excluding diaryl/α,β-unsaturated/α-hetero) is 1. The van der Waals surface area contributed by atoms with Gasteiger partial charge in [-0.3, -0.25) is 4.79 Å². The summed E-state index contributed by atoms with van der Waals surface area (Å²) < 4.78 is 5.12. The van der Waals surface area contributed by atoms with E-state index in [1.807, 2.05) is 37.3 Å². The number of ketones is 1. The summed E-state index contributed by atoms with van der Waals surface area (Å²) in [5.41, 5.74) is -0.373. The SMILES string of the molecule is CCC(=O)C(OC)Sc1ccccc1. The highest BCUT2D eigenvalue weighted by atomic mass is 32.2. The van der Waals surface area contributed by atoms with Gasteiger partial charge in [0.15, 0.2) is 11.2 Å². The highest BCUT2D eigenvalue weighted by Crippen LogP contribution is 2.24. The molecule has 1 aromatic carbocycles. The third-order valence-corrected chi connectivity index (χ3v) is 3.03. The number of ether oxygens (including phenoxy) is 1. The fraction of sp³-hybridized carbons (Fsp3) is 0.364. The fourth-order valence-electron chi connectivity index (χ4n) is 1.03. The van der Waals surface area contributed by atoms with Gasteiger partial charge in [-0.25, -0.2) is 0 Å². The molecule has 76 valence electrons. The van der Waals surface area contributed by atoms with Crippen molar-refractivity contribution in [3.63, 3.8) is 0 Å². The van der Waals surface area contributed by atoms with E-state index in [-0.39, 0.29) is 11.2 Å². The standard InChI is InChI=1S/C11H14O2S/c1-3-10(12)11(13-2)14-9-7-5-4-6-8-9/h4-8,11H,3H2,1-2H3. The molecule has 2 nitrogen and oxygen atoms in total. The Balaban J connectivity index is 2.62. The minimum atomic E-state index is -0.373. The smallest absolute Gasteiger partial charge is 0.171 e. The highest BCUT2D eigenvalue weighted by molar-refractivity contribution is 8.00. The molecule has 1 aromatic rings. The Hall–Kier alpha value is -0.800. The summed E-state index contributed by atoms with van der Waals surface area (Å²) >= 11 is 1.45. The summed E-state index contributed by atoms with van der Waals surface area (Å²) in [6.45, 7) is 1.85. The van der Waals surface area contributed by atoms with Crippen LogP contribution < -0.4 is 0 Å². The van der Waals surface area contributed by atoms with Crippen molar-refractivity contribution < 1.29 is 9.53 Å². The molecule has 0 aliphatic rings. The second-order valence-electron chi connectivity index (χ2n) is 2.82. The first-order chi connectivity index (χ1) is 6.77. The van der Waals surface area contributed by atoms with Gasteiger partial charge in [0.2, 0.25) is 0 Å². The molecule has 0 N–H and O–H groups in total. The van der Waals surface area contributed by atoms with Crippen LogP contribution in [0.2, 0.25) is 0 Å². The monoisotopic (exact) mass is 210 g/mol. The van der Waals surface area contributed by atoms with Crippen LogP contribution in [0.1, 0.15) is 13.3 Å². The van der Waals surface area contributed by atoms with E-state index in [2.05, 4.69) is 0 Å². The van der Waals surface area contributed by atoms with Gasteiger partial charge in [0, 0.05) is 18.4 Å². The topological polar surface area (TPSA) is 26.3 Å². The van der Waals surface area contributed by atoms with Gasteiger partial charge < -0.3 is 4.74 Å². The van der Waals surface area contributed by atoms with E-state index in [0.29, 0.717) is 6.42 Å². The Morgan fingerprint density at radius 3 is 2.57 bits per heavy atom. The van der Waals surface area contributed by atoms with E-state index in [9.17, 15) is 4.79 Å². The second kappa shape index (κ2) is 5.83. The van der Waals surface area contributed by atoms with Crippen molar-refractivity contribution in [1.82, 2.24) is 0 Å². The van der Waals surface area contributed by atoms with Gasteiger partial charge in [0.25, 0.3) is 0 Å². The molecule has 0 saturated heterocycles. The van der Waals surface area contributed by atoms with Crippen LogP contribution in [0.4, 0.5) is 0 Å². The molecule has 14 heavy (non-hydrogen) atoms. The molecule has 0 bridgehead atoms. The molecule has 0 heterocycles. The maximum Gasteiger partial charge on any atom is 0.171 e. The van der Waals surface area contributed by atoms with Gasteiger partial charge in [-0.1, -0.05) is 36.9 Å². The Morgan fingerprint density at radius 2 is 2.07 bits per heavy atom. The number of thioether (sulfide) groups is 1. The van der Waals surface area contributed by atoms with E-state index < -0.39 is 0 Å². The number of carbonyl (C=O) groups excluding carboxylic acids is 1. The first kappa shape index (κ1) is 11.3. The number of hydrogen-bond donors (Lipinski definition) is 0. The quantitative estimate of drug-likeness (QED) is 0.552. The molecule has 1 atom stereocenters. The maximum atomic E-state index is 11.4. The van der Waals surface area contributed by atoms with Crippen molar-refractivity contribution in [3.05, 3.63) is 30.3 Å². The minimum absolute atomic E-state index is 0.126. The molecular formula is C11H14O2S. The molecule has 0 aliphatic carbocycles. The normalized spacial score (nSPS) is 12.4. The van der Waals surface area contributed by atoms with E-state index >= 15 is 0 Å². The van der Waals surface area contributed by atoms with Crippen molar-refractivity contribution in [2.75, 3.05) is 7.11 Å². The van der Waals surface area contributed by atoms with Crippen LogP contribution in [-0.2, 0) is 9.53 Å². The number of methoxy groups -OCH3 is 1. The van der Waals surface area contributed by atoms with E-state index in [1.165, 1.54) is 11.8 Å². The summed E-state index contributed by atoms with van der Waals surface area (Å²) in [4.78, 5) is 12.5. The second-order valence-corrected chi connectivity index (χ2v) is 3.95. The van der Waals surface area contributed by atoms with Gasteiger partial charge in [-0.05, 0) is 12.1 Å². The van der Waals surface area contributed by atoms with Crippen LogP contribution in [0, 0.1) is 0 Å². The molecule has 1 rings (SSSR count). The molecule has 0 aliphatic heterocycles. The van der Waals surface area contributed by atoms with Gasteiger partial charge in [-0.15, -0.1) is 0 Å². The lowest BCUT2D eigenvalue weighted by atomic mass is 10.3. The Labute approximate surface area is 88.7 Å². The lowest BCUT2D eigenvalue weighted by molar-refractivity contribution is -0.124. The lowest BCUT2D eigenvalue weighted by Gasteiger charge is -2.12. The van der Waals surface area contributed by atoms with Crippen LogP contribution in [0.25, 0.3) is 0 Å². The predicted octanol–water partition coefficient (Wildman–Crippen LogP) is 2.73.